The largest absolute Gasteiger partial charge is 0.368 e. The smallest absolute Gasteiger partial charge is 0.250 e. The number of nitrogens with zero attached hydrogens (tertiary/aromatic N) is 2. The summed E-state index contributed by atoms with van der Waals surface area (Å²) in [6, 6.07) is 12.9. The predicted molar refractivity (Wildman–Crippen MR) is 145 cm³/mol. The molecule has 0 saturated carbocycles. The molecule has 0 unspecified atom stereocenters. The Morgan fingerprint density at radius 2 is 1.74 bits per heavy atom. The molecule has 1 fully saturated rings. The van der Waals surface area contributed by atoms with Crippen LogP contribution in [0.3, 0.4) is 0 Å². The van der Waals surface area contributed by atoms with Gasteiger partial charge in [0, 0.05) is 60.1 Å². The lowest BCUT2D eigenvalue weighted by Crippen LogP contribution is -2.49. The first-order valence-electron chi connectivity index (χ1n) is 11.1. The Hall–Kier alpha value is -2.61. The fourth-order valence-corrected chi connectivity index (χ4v) is 4.26. The molecule has 0 bridgehead atoms. The Kier molecular flexibility index (Phi) is 9.33. The predicted octanol–water partition coefficient (Wildman–Crippen LogP) is 5.21. The number of hydrogen-bond donors (Lipinski definition) is 2. The van der Waals surface area contributed by atoms with Gasteiger partial charge in [0.15, 0.2) is 5.11 Å². The molecule has 3 rings (SSSR count). The number of hydrogen-bond acceptors (Lipinski definition) is 4. The van der Waals surface area contributed by atoms with E-state index < -0.39 is 0 Å². The number of carbonyl (C=O) groups is 2. The van der Waals surface area contributed by atoms with Crippen LogP contribution in [0.4, 0.5) is 11.4 Å². The standard InChI is InChI=1S/C25H28Cl2N4O2S/c1-17(2)15-24(33)31-13-11-30(12-14-31)21-8-6-20(7-9-21)28-25(34)29-23(32)10-4-18-3-5-19(26)16-22(18)27/h3-10,16-17H,11-15H2,1-2H3,(H2,28,29,32,34)/b10-4+. The first-order valence-corrected chi connectivity index (χ1v) is 12.3. The number of thiocarbonyl (C=S) groups is 1. The Bertz CT molecular complexity index is 1070. The molecule has 0 atom stereocenters. The van der Waals surface area contributed by atoms with E-state index in [0.29, 0.717) is 27.9 Å². The summed E-state index contributed by atoms with van der Waals surface area (Å²) in [7, 11) is 0. The van der Waals surface area contributed by atoms with Gasteiger partial charge >= 0.3 is 0 Å². The van der Waals surface area contributed by atoms with Gasteiger partial charge in [-0.3, -0.25) is 14.9 Å². The zero-order chi connectivity index (χ0) is 24.7. The summed E-state index contributed by atoms with van der Waals surface area (Å²) in [5.74, 6) is 0.236. The third-order valence-electron chi connectivity index (χ3n) is 5.32. The van der Waals surface area contributed by atoms with Gasteiger partial charge in [-0.05, 0) is 66.2 Å². The highest BCUT2D eigenvalue weighted by atomic mass is 35.5. The molecule has 0 aliphatic carbocycles. The van der Waals surface area contributed by atoms with E-state index in [-0.39, 0.29) is 16.9 Å². The molecule has 2 aromatic carbocycles. The maximum atomic E-state index is 12.3. The molecule has 2 N–H and O–H groups in total. The number of nitrogens with one attached hydrogen (secondary N) is 2. The number of anilines is 2. The van der Waals surface area contributed by atoms with E-state index in [9.17, 15) is 9.59 Å². The van der Waals surface area contributed by atoms with E-state index in [1.165, 1.54) is 6.08 Å². The second kappa shape index (κ2) is 12.2. The van der Waals surface area contributed by atoms with E-state index in [0.717, 1.165) is 37.6 Å². The van der Waals surface area contributed by atoms with E-state index >= 15 is 0 Å². The summed E-state index contributed by atoms with van der Waals surface area (Å²) >= 11 is 17.2. The Balaban J connectivity index is 1.47. The highest BCUT2D eigenvalue weighted by molar-refractivity contribution is 7.80. The fraction of sp³-hybridized carbons (Fsp3) is 0.320. The second-order valence-corrected chi connectivity index (χ2v) is 9.71. The Morgan fingerprint density at radius 3 is 2.35 bits per heavy atom. The molecule has 34 heavy (non-hydrogen) atoms. The lowest BCUT2D eigenvalue weighted by Gasteiger charge is -2.36. The van der Waals surface area contributed by atoms with E-state index in [2.05, 4.69) is 29.4 Å². The van der Waals surface area contributed by atoms with Crippen LogP contribution in [0.25, 0.3) is 6.08 Å². The van der Waals surface area contributed by atoms with Crippen molar-refractivity contribution in [1.82, 2.24) is 10.2 Å². The molecule has 180 valence electrons. The van der Waals surface area contributed by atoms with Crippen molar-refractivity contribution in [3.05, 3.63) is 64.1 Å². The van der Waals surface area contributed by atoms with Crippen molar-refractivity contribution in [1.29, 1.82) is 0 Å². The Morgan fingerprint density at radius 1 is 1.06 bits per heavy atom. The SMILES string of the molecule is CC(C)CC(=O)N1CCN(c2ccc(NC(=S)NC(=O)/C=C/c3ccc(Cl)cc3Cl)cc2)CC1. The molecule has 6 nitrogen and oxygen atoms in total. The fourth-order valence-electron chi connectivity index (χ4n) is 3.57. The topological polar surface area (TPSA) is 64.7 Å². The lowest BCUT2D eigenvalue weighted by atomic mass is 10.1. The maximum Gasteiger partial charge on any atom is 0.250 e. The van der Waals surface area contributed by atoms with Crippen molar-refractivity contribution in [2.45, 2.75) is 20.3 Å². The van der Waals surface area contributed by atoms with Crippen LogP contribution in [-0.4, -0.2) is 48.0 Å². The molecule has 0 radical (unpaired) electrons. The van der Waals surface area contributed by atoms with Gasteiger partial charge in [-0.25, -0.2) is 0 Å². The molecule has 0 aromatic heterocycles. The molecule has 1 aliphatic heterocycles. The van der Waals surface area contributed by atoms with Gasteiger partial charge in [-0.15, -0.1) is 0 Å². The van der Waals surface area contributed by atoms with Gasteiger partial charge in [-0.1, -0.05) is 43.1 Å². The lowest BCUT2D eigenvalue weighted by molar-refractivity contribution is -0.132. The number of benzene rings is 2. The molecule has 1 heterocycles. The number of carbonyl (C=O) groups excluding carboxylic acids is 2. The van der Waals surface area contributed by atoms with Crippen molar-refractivity contribution in [2.24, 2.45) is 5.92 Å². The van der Waals surface area contributed by atoms with Crippen molar-refractivity contribution in [3.8, 4) is 0 Å². The molecule has 1 saturated heterocycles. The van der Waals surface area contributed by atoms with Crippen LogP contribution in [0.1, 0.15) is 25.8 Å². The van der Waals surface area contributed by atoms with E-state index in [4.69, 9.17) is 35.4 Å². The second-order valence-electron chi connectivity index (χ2n) is 8.46. The van der Waals surface area contributed by atoms with Gasteiger partial charge in [0.05, 0.1) is 0 Å². The quantitative estimate of drug-likeness (QED) is 0.405. The molecule has 2 aromatic rings. The molecule has 1 aliphatic rings. The first-order chi connectivity index (χ1) is 16.2. The summed E-state index contributed by atoms with van der Waals surface area (Å²) in [4.78, 5) is 28.6. The molecular weight excluding hydrogens is 491 g/mol. The van der Waals surface area contributed by atoms with Crippen molar-refractivity contribution >= 4 is 69.8 Å². The zero-order valence-corrected chi connectivity index (χ0v) is 21.5. The summed E-state index contributed by atoms with van der Waals surface area (Å²) < 4.78 is 0. The van der Waals surface area contributed by atoms with Gasteiger partial charge in [0.25, 0.3) is 0 Å². The summed E-state index contributed by atoms with van der Waals surface area (Å²) in [5.41, 5.74) is 2.53. The van der Waals surface area contributed by atoms with Crippen molar-refractivity contribution < 1.29 is 9.59 Å². The van der Waals surface area contributed by atoms with Crippen LogP contribution in [0.5, 0.6) is 0 Å². The maximum absolute atomic E-state index is 12.3. The van der Waals surface area contributed by atoms with Crippen molar-refractivity contribution in [3.63, 3.8) is 0 Å². The normalized spacial score (nSPS) is 13.9. The van der Waals surface area contributed by atoms with Crippen LogP contribution in [0, 0.1) is 5.92 Å². The van der Waals surface area contributed by atoms with Gasteiger partial charge < -0.3 is 15.1 Å². The third-order valence-corrected chi connectivity index (χ3v) is 6.09. The summed E-state index contributed by atoms with van der Waals surface area (Å²) in [6.45, 7) is 7.20. The molecule has 0 spiro atoms. The molecular formula is C25H28Cl2N4O2S. The monoisotopic (exact) mass is 518 g/mol. The van der Waals surface area contributed by atoms with Crippen molar-refractivity contribution in [2.75, 3.05) is 36.4 Å². The Labute approximate surface area is 215 Å². The minimum Gasteiger partial charge on any atom is -0.368 e. The zero-order valence-electron chi connectivity index (χ0n) is 19.2. The van der Waals surface area contributed by atoms with Crippen LogP contribution in [0.2, 0.25) is 10.0 Å². The first kappa shape index (κ1) is 26.0. The average molecular weight is 519 g/mol. The van der Waals surface area contributed by atoms with Gasteiger partial charge in [0.1, 0.15) is 0 Å². The average Bonchev–Trinajstić information content (AvgIpc) is 2.78. The third kappa shape index (κ3) is 7.72. The summed E-state index contributed by atoms with van der Waals surface area (Å²) in [6.07, 6.45) is 3.56. The minimum atomic E-state index is -0.370. The number of piperazine rings is 1. The van der Waals surface area contributed by atoms with Gasteiger partial charge in [0.2, 0.25) is 11.8 Å². The number of amides is 2. The molecule has 2 amide bonds. The van der Waals surface area contributed by atoms with E-state index in [1.54, 1.807) is 24.3 Å². The highest BCUT2D eigenvalue weighted by Crippen LogP contribution is 2.22. The van der Waals surface area contributed by atoms with Crippen LogP contribution < -0.4 is 15.5 Å². The molecule has 9 heteroatoms. The van der Waals surface area contributed by atoms with Crippen LogP contribution in [0.15, 0.2) is 48.5 Å². The van der Waals surface area contributed by atoms with E-state index in [1.807, 2.05) is 29.2 Å². The highest BCUT2D eigenvalue weighted by Gasteiger charge is 2.21. The van der Waals surface area contributed by atoms with Crippen LogP contribution >= 0.6 is 35.4 Å². The van der Waals surface area contributed by atoms with Crippen LogP contribution in [-0.2, 0) is 9.59 Å². The summed E-state index contributed by atoms with van der Waals surface area (Å²) in [5, 5.41) is 6.81. The number of rotatable bonds is 6. The number of halogens is 2. The van der Waals surface area contributed by atoms with Gasteiger partial charge in [-0.2, -0.15) is 0 Å². The minimum absolute atomic E-state index is 0.196.